The van der Waals surface area contributed by atoms with Crippen LogP contribution < -0.4 is 5.32 Å². The number of rotatable bonds is 4. The lowest BCUT2D eigenvalue weighted by Gasteiger charge is -2.22. The van der Waals surface area contributed by atoms with Gasteiger partial charge >= 0.3 is 0 Å². The Morgan fingerprint density at radius 1 is 1.45 bits per heavy atom. The summed E-state index contributed by atoms with van der Waals surface area (Å²) in [5.41, 5.74) is 5.24. The maximum absolute atomic E-state index is 4.36. The van der Waals surface area contributed by atoms with Gasteiger partial charge in [0.05, 0.1) is 18.2 Å². The van der Waals surface area contributed by atoms with Crippen LogP contribution in [0.5, 0.6) is 0 Å². The molecule has 1 aliphatic rings. The summed E-state index contributed by atoms with van der Waals surface area (Å²) in [6.45, 7) is 4.33. The first kappa shape index (κ1) is 13.6. The number of hydrogen-bond acceptors (Lipinski definition) is 3. The van der Waals surface area contributed by atoms with Gasteiger partial charge in [-0.3, -0.25) is 0 Å². The van der Waals surface area contributed by atoms with Crippen LogP contribution >= 0.6 is 11.8 Å². The Kier molecular flexibility index (Phi) is 4.01. The maximum Gasteiger partial charge on any atom is 0.0951 e. The third kappa shape index (κ3) is 2.57. The molecule has 1 N–H and O–H groups in total. The zero-order valence-electron chi connectivity index (χ0n) is 12.1. The maximum atomic E-state index is 4.36. The van der Waals surface area contributed by atoms with Gasteiger partial charge < -0.3 is 9.88 Å². The predicted octanol–water partition coefficient (Wildman–Crippen LogP) is 3.66. The minimum atomic E-state index is 0.593. The number of aromatic nitrogens is 2. The molecule has 1 aromatic heterocycles. The van der Waals surface area contributed by atoms with Crippen molar-refractivity contribution in [3.63, 3.8) is 0 Å². The lowest BCUT2D eigenvalue weighted by atomic mass is 9.98. The van der Waals surface area contributed by atoms with Crippen molar-refractivity contribution < 1.29 is 0 Å². The van der Waals surface area contributed by atoms with Gasteiger partial charge in [-0.15, -0.1) is 0 Å². The Balaban J connectivity index is 1.99. The second-order valence-electron chi connectivity index (χ2n) is 5.35. The van der Waals surface area contributed by atoms with Crippen LogP contribution in [0.25, 0.3) is 11.3 Å². The predicted molar refractivity (Wildman–Crippen MR) is 87.5 cm³/mol. The number of nitrogens with one attached hydrogen (secondary N) is 1. The van der Waals surface area contributed by atoms with E-state index in [0.717, 1.165) is 13.1 Å². The minimum absolute atomic E-state index is 0.593. The minimum Gasteiger partial charge on any atom is -0.384 e. The summed E-state index contributed by atoms with van der Waals surface area (Å²) in [6, 6.07) is 6.60. The van der Waals surface area contributed by atoms with Crippen LogP contribution in [-0.2, 0) is 13.0 Å². The summed E-state index contributed by atoms with van der Waals surface area (Å²) in [7, 11) is 0. The van der Waals surface area contributed by atoms with E-state index in [9.17, 15) is 0 Å². The van der Waals surface area contributed by atoms with Crippen LogP contribution in [0.1, 0.15) is 18.9 Å². The third-order valence-electron chi connectivity index (χ3n) is 3.92. The number of thioether (sulfide) groups is 1. The molecular formula is C16H21N3S. The molecule has 0 bridgehead atoms. The van der Waals surface area contributed by atoms with Crippen LogP contribution in [0, 0.1) is 0 Å². The molecule has 0 fully saturated rings. The molecule has 3 rings (SSSR count). The summed E-state index contributed by atoms with van der Waals surface area (Å²) in [5, 5.41) is 4.16. The van der Waals surface area contributed by atoms with E-state index in [2.05, 4.69) is 46.2 Å². The van der Waals surface area contributed by atoms with E-state index in [0.29, 0.717) is 5.25 Å². The summed E-state index contributed by atoms with van der Waals surface area (Å²) in [4.78, 5) is 4.36. The fourth-order valence-electron chi connectivity index (χ4n) is 2.76. The molecule has 20 heavy (non-hydrogen) atoms. The highest BCUT2D eigenvalue weighted by Gasteiger charge is 2.16. The molecule has 1 aromatic carbocycles. The zero-order valence-corrected chi connectivity index (χ0v) is 12.9. The van der Waals surface area contributed by atoms with E-state index in [1.807, 2.05) is 24.3 Å². The lowest BCUT2D eigenvalue weighted by molar-refractivity contribution is 0.697. The SMILES string of the molecule is CSC(C)Cn1cncc1-c1cccc2c1NCCC2. The Morgan fingerprint density at radius 2 is 2.35 bits per heavy atom. The Bertz CT molecular complexity index is 591. The van der Waals surface area contributed by atoms with Gasteiger partial charge in [0.1, 0.15) is 0 Å². The topological polar surface area (TPSA) is 29.9 Å². The molecule has 0 radical (unpaired) electrons. The Morgan fingerprint density at radius 3 is 3.20 bits per heavy atom. The monoisotopic (exact) mass is 287 g/mol. The Hall–Kier alpha value is -1.42. The highest BCUT2D eigenvalue weighted by molar-refractivity contribution is 7.99. The molecule has 4 heteroatoms. The van der Waals surface area contributed by atoms with E-state index in [-0.39, 0.29) is 0 Å². The number of anilines is 1. The van der Waals surface area contributed by atoms with Crippen LogP contribution in [0.4, 0.5) is 5.69 Å². The van der Waals surface area contributed by atoms with E-state index >= 15 is 0 Å². The molecule has 0 saturated heterocycles. The highest BCUT2D eigenvalue weighted by Crippen LogP contribution is 2.34. The van der Waals surface area contributed by atoms with Gasteiger partial charge in [-0.1, -0.05) is 25.1 Å². The molecular weight excluding hydrogens is 266 g/mol. The first-order valence-corrected chi connectivity index (χ1v) is 8.47. The third-order valence-corrected chi connectivity index (χ3v) is 4.87. The molecule has 0 spiro atoms. The smallest absolute Gasteiger partial charge is 0.0951 e. The molecule has 0 amide bonds. The van der Waals surface area contributed by atoms with E-state index in [1.54, 1.807) is 0 Å². The number of aryl methyl sites for hydroxylation is 1. The summed E-state index contributed by atoms with van der Waals surface area (Å²) in [6.07, 6.45) is 8.49. The van der Waals surface area contributed by atoms with Gasteiger partial charge in [-0.05, 0) is 24.7 Å². The van der Waals surface area contributed by atoms with Crippen molar-refractivity contribution >= 4 is 17.4 Å². The Labute approximate surface area is 124 Å². The number of para-hydroxylation sites is 1. The van der Waals surface area contributed by atoms with E-state index in [1.165, 1.54) is 35.3 Å². The standard InChI is InChI=1S/C16H21N3S/c1-12(20-2)10-19-11-17-9-15(19)14-7-3-5-13-6-4-8-18-16(13)14/h3,5,7,9,11-12,18H,4,6,8,10H2,1-2H3. The number of imidazole rings is 1. The quantitative estimate of drug-likeness (QED) is 0.930. The molecule has 1 aliphatic heterocycles. The van der Waals surface area contributed by atoms with E-state index < -0.39 is 0 Å². The number of hydrogen-bond donors (Lipinski definition) is 1. The average molecular weight is 287 g/mol. The molecule has 2 heterocycles. The van der Waals surface area contributed by atoms with Crippen molar-refractivity contribution in [3.8, 4) is 11.3 Å². The summed E-state index contributed by atoms with van der Waals surface area (Å²) in [5.74, 6) is 0. The first-order chi connectivity index (χ1) is 9.79. The fourth-order valence-corrected chi connectivity index (χ4v) is 3.07. The highest BCUT2D eigenvalue weighted by atomic mass is 32.2. The van der Waals surface area contributed by atoms with Crippen molar-refractivity contribution in [1.29, 1.82) is 0 Å². The fraction of sp³-hybridized carbons (Fsp3) is 0.438. The summed E-state index contributed by atoms with van der Waals surface area (Å²) >= 11 is 1.89. The first-order valence-electron chi connectivity index (χ1n) is 7.18. The van der Waals surface area contributed by atoms with Crippen molar-refractivity contribution in [2.75, 3.05) is 18.1 Å². The van der Waals surface area contributed by atoms with Crippen LogP contribution in [0.3, 0.4) is 0 Å². The van der Waals surface area contributed by atoms with Gasteiger partial charge in [0.2, 0.25) is 0 Å². The molecule has 1 unspecified atom stereocenters. The van der Waals surface area contributed by atoms with Crippen LogP contribution in [0.15, 0.2) is 30.7 Å². The number of benzene rings is 1. The second-order valence-corrected chi connectivity index (χ2v) is 6.62. The average Bonchev–Trinajstić information content (AvgIpc) is 2.94. The van der Waals surface area contributed by atoms with Gasteiger partial charge in [0.25, 0.3) is 0 Å². The molecule has 1 atom stereocenters. The van der Waals surface area contributed by atoms with Gasteiger partial charge in [0.15, 0.2) is 0 Å². The van der Waals surface area contributed by atoms with Crippen LogP contribution in [0.2, 0.25) is 0 Å². The van der Waals surface area contributed by atoms with Crippen molar-refractivity contribution in [2.45, 2.75) is 31.6 Å². The summed E-state index contributed by atoms with van der Waals surface area (Å²) < 4.78 is 2.27. The van der Waals surface area contributed by atoms with Crippen LogP contribution in [-0.4, -0.2) is 27.6 Å². The van der Waals surface area contributed by atoms with Crippen molar-refractivity contribution in [2.24, 2.45) is 0 Å². The zero-order chi connectivity index (χ0) is 13.9. The normalized spacial score (nSPS) is 15.5. The molecule has 106 valence electrons. The van der Waals surface area contributed by atoms with E-state index in [4.69, 9.17) is 0 Å². The molecule has 0 aliphatic carbocycles. The largest absolute Gasteiger partial charge is 0.384 e. The lowest BCUT2D eigenvalue weighted by Crippen LogP contribution is -2.14. The van der Waals surface area contributed by atoms with Gasteiger partial charge in [-0.25, -0.2) is 4.98 Å². The molecule has 2 aromatic rings. The van der Waals surface area contributed by atoms with Gasteiger partial charge in [0, 0.05) is 29.6 Å². The second kappa shape index (κ2) is 5.92. The van der Waals surface area contributed by atoms with Crippen molar-refractivity contribution in [3.05, 3.63) is 36.3 Å². The van der Waals surface area contributed by atoms with Crippen molar-refractivity contribution in [1.82, 2.24) is 9.55 Å². The molecule has 3 nitrogen and oxygen atoms in total. The number of fused-ring (bicyclic) bond motifs is 1. The van der Waals surface area contributed by atoms with Gasteiger partial charge in [-0.2, -0.15) is 11.8 Å². The number of nitrogens with zero attached hydrogens (tertiary/aromatic N) is 2. The molecule has 0 saturated carbocycles.